The molecule has 3 aromatic carbocycles. The van der Waals surface area contributed by atoms with E-state index in [-0.39, 0.29) is 37.3 Å². The average Bonchev–Trinajstić information content (AvgIpc) is 3.00. The fraction of sp³-hybridized carbons (Fsp3) is 0.364. The van der Waals surface area contributed by atoms with Crippen molar-refractivity contribution in [2.75, 3.05) is 26.8 Å². The van der Waals surface area contributed by atoms with Crippen molar-refractivity contribution < 1.29 is 32.6 Å². The Morgan fingerprint density at radius 2 is 1.69 bits per heavy atom. The molecule has 42 heavy (non-hydrogen) atoms. The highest BCUT2D eigenvalue weighted by atomic mass is 19.1. The summed E-state index contributed by atoms with van der Waals surface area (Å²) in [5.41, 5.74) is 0.356. The predicted octanol–water partition coefficient (Wildman–Crippen LogP) is 5.12. The highest BCUT2D eigenvalue weighted by Crippen LogP contribution is 2.49. The number of fused-ring (bicyclic) bond motifs is 1. The van der Waals surface area contributed by atoms with E-state index in [0.29, 0.717) is 53.9 Å². The zero-order valence-electron chi connectivity index (χ0n) is 23.7. The Balaban J connectivity index is 1.37. The van der Waals surface area contributed by atoms with Crippen LogP contribution in [-0.2, 0) is 19.7 Å². The summed E-state index contributed by atoms with van der Waals surface area (Å²) in [6.07, 6.45) is 1.58. The first-order chi connectivity index (χ1) is 20.3. The van der Waals surface area contributed by atoms with Gasteiger partial charge >= 0.3 is 5.97 Å². The molecule has 2 amide bonds. The minimum atomic E-state index is -1.37. The third kappa shape index (κ3) is 5.47. The second-order valence-electron chi connectivity index (χ2n) is 10.7. The van der Waals surface area contributed by atoms with E-state index in [0.717, 1.165) is 0 Å². The van der Waals surface area contributed by atoms with Gasteiger partial charge in [-0.05, 0) is 85.7 Å². The summed E-state index contributed by atoms with van der Waals surface area (Å²) in [5, 5.41) is 3.04. The van der Waals surface area contributed by atoms with E-state index in [1.165, 1.54) is 43.5 Å². The third-order valence-corrected chi connectivity index (χ3v) is 8.39. The zero-order valence-corrected chi connectivity index (χ0v) is 23.7. The van der Waals surface area contributed by atoms with Gasteiger partial charge in [-0.25, -0.2) is 8.78 Å². The largest absolute Gasteiger partial charge is 0.496 e. The molecular weight excluding hydrogens is 542 g/mol. The Labute approximate surface area is 243 Å². The summed E-state index contributed by atoms with van der Waals surface area (Å²) in [6.45, 7) is 2.66. The number of amides is 2. The highest BCUT2D eigenvalue weighted by Gasteiger charge is 2.50. The van der Waals surface area contributed by atoms with Gasteiger partial charge in [0.1, 0.15) is 22.8 Å². The molecule has 220 valence electrons. The van der Waals surface area contributed by atoms with Gasteiger partial charge < -0.3 is 19.7 Å². The molecule has 1 N–H and O–H groups in total. The molecule has 1 aliphatic heterocycles. The molecule has 0 spiro atoms. The molecule has 2 atom stereocenters. The van der Waals surface area contributed by atoms with Crippen LogP contribution in [0.4, 0.5) is 8.78 Å². The van der Waals surface area contributed by atoms with E-state index in [9.17, 15) is 23.2 Å². The molecule has 1 fully saturated rings. The van der Waals surface area contributed by atoms with Gasteiger partial charge in [0.15, 0.2) is 0 Å². The lowest BCUT2D eigenvalue weighted by atomic mass is 9.63. The number of carbonyl (C=O) groups is 3. The number of hydrogen-bond donors (Lipinski definition) is 1. The van der Waals surface area contributed by atoms with Gasteiger partial charge in [-0.3, -0.25) is 14.4 Å². The van der Waals surface area contributed by atoms with E-state index < -0.39 is 28.9 Å². The van der Waals surface area contributed by atoms with Crippen molar-refractivity contribution in [1.82, 2.24) is 10.2 Å². The maximum absolute atomic E-state index is 14.7. The number of para-hydroxylation sites is 1. The molecular formula is C33H34F2N2O5. The molecule has 7 nitrogen and oxygen atoms in total. The molecule has 1 heterocycles. The van der Waals surface area contributed by atoms with Gasteiger partial charge in [-0.15, -0.1) is 0 Å². The summed E-state index contributed by atoms with van der Waals surface area (Å²) < 4.78 is 39.8. The van der Waals surface area contributed by atoms with Crippen LogP contribution in [0.15, 0.2) is 66.7 Å². The number of methoxy groups -OCH3 is 1. The maximum atomic E-state index is 14.7. The lowest BCUT2D eigenvalue weighted by molar-refractivity contribution is -0.149. The van der Waals surface area contributed by atoms with Crippen LogP contribution in [0.3, 0.4) is 0 Å². The van der Waals surface area contributed by atoms with Crippen LogP contribution < -0.4 is 10.1 Å². The molecule has 9 heteroatoms. The first-order valence-electron chi connectivity index (χ1n) is 14.2. The number of halogens is 2. The fourth-order valence-corrected chi connectivity index (χ4v) is 6.32. The normalized spacial score (nSPS) is 20.4. The molecule has 0 unspecified atom stereocenters. The minimum absolute atomic E-state index is 0.119. The van der Waals surface area contributed by atoms with Crippen molar-refractivity contribution in [2.24, 2.45) is 0 Å². The number of nitrogens with zero attached hydrogens (tertiary/aromatic N) is 1. The Morgan fingerprint density at radius 1 is 0.952 bits per heavy atom. The monoisotopic (exact) mass is 576 g/mol. The van der Waals surface area contributed by atoms with Crippen molar-refractivity contribution in [1.29, 1.82) is 0 Å². The number of nitrogens with one attached hydrogen (secondary N) is 1. The fourth-order valence-electron chi connectivity index (χ4n) is 6.32. The predicted molar refractivity (Wildman–Crippen MR) is 152 cm³/mol. The first kappa shape index (κ1) is 29.2. The standard InChI is InChI=1S/C33H34F2N2O5/c1-3-42-32(40)33(21-7-6-8-22(34)19-21)16-13-25(27-20-23(35)11-12-28(27)33)31(39)37-17-14-24(15-18-37)36-30(38)26-9-4-5-10-29(26)41-2/h4-12,19-20,24-25H,3,13-18H2,1-2H3,(H,36,38)/t25-,33-/m1/s1. The smallest absolute Gasteiger partial charge is 0.321 e. The summed E-state index contributed by atoms with van der Waals surface area (Å²) in [6, 6.07) is 16.8. The van der Waals surface area contributed by atoms with Crippen LogP contribution in [0.5, 0.6) is 5.75 Å². The molecule has 2 aliphatic rings. The van der Waals surface area contributed by atoms with Crippen LogP contribution >= 0.6 is 0 Å². The highest BCUT2D eigenvalue weighted by molar-refractivity contribution is 5.97. The molecule has 0 aromatic heterocycles. The van der Waals surface area contributed by atoms with Crippen LogP contribution in [-0.4, -0.2) is 55.5 Å². The summed E-state index contributed by atoms with van der Waals surface area (Å²) in [5.74, 6) is -2.16. The molecule has 0 bridgehead atoms. The van der Waals surface area contributed by atoms with Gasteiger partial charge in [-0.1, -0.05) is 30.3 Å². The van der Waals surface area contributed by atoms with Crippen LogP contribution in [0.2, 0.25) is 0 Å². The number of benzene rings is 3. The van der Waals surface area contributed by atoms with Crippen LogP contribution in [0, 0.1) is 11.6 Å². The second kappa shape index (κ2) is 12.3. The lowest BCUT2D eigenvalue weighted by Gasteiger charge is -2.42. The Bertz CT molecular complexity index is 1490. The molecule has 3 aromatic rings. The molecule has 1 aliphatic carbocycles. The number of likely N-dealkylation sites (tertiary alicyclic amines) is 1. The van der Waals surface area contributed by atoms with Gasteiger partial charge in [0, 0.05) is 19.1 Å². The van der Waals surface area contributed by atoms with Gasteiger partial charge in [0.05, 0.1) is 25.2 Å². The first-order valence-corrected chi connectivity index (χ1v) is 14.2. The lowest BCUT2D eigenvalue weighted by Crippen LogP contribution is -2.49. The van der Waals surface area contributed by atoms with Crippen molar-refractivity contribution in [3.8, 4) is 5.75 Å². The van der Waals surface area contributed by atoms with E-state index in [1.54, 1.807) is 42.2 Å². The van der Waals surface area contributed by atoms with Gasteiger partial charge in [-0.2, -0.15) is 0 Å². The molecule has 0 radical (unpaired) electrons. The number of piperidine rings is 1. The number of esters is 1. The number of carbonyl (C=O) groups excluding carboxylic acids is 3. The minimum Gasteiger partial charge on any atom is -0.496 e. The molecule has 5 rings (SSSR count). The average molecular weight is 577 g/mol. The van der Waals surface area contributed by atoms with Crippen molar-refractivity contribution in [3.05, 3.63) is 101 Å². The second-order valence-corrected chi connectivity index (χ2v) is 10.7. The topological polar surface area (TPSA) is 84.9 Å². The van der Waals surface area contributed by atoms with E-state index in [2.05, 4.69) is 5.32 Å². The van der Waals surface area contributed by atoms with E-state index in [4.69, 9.17) is 9.47 Å². The van der Waals surface area contributed by atoms with Crippen molar-refractivity contribution in [2.45, 2.75) is 50.0 Å². The Kier molecular flexibility index (Phi) is 8.56. The van der Waals surface area contributed by atoms with Crippen LogP contribution in [0.25, 0.3) is 0 Å². The summed E-state index contributed by atoms with van der Waals surface area (Å²) in [7, 11) is 1.51. The van der Waals surface area contributed by atoms with Crippen LogP contribution in [0.1, 0.15) is 65.6 Å². The SMILES string of the molecule is CCOC(=O)[C@@]1(c2cccc(F)c2)CC[C@@H](C(=O)N2CCC(NC(=O)c3ccccc3OC)CC2)c2cc(F)ccc21. The summed E-state index contributed by atoms with van der Waals surface area (Å²) in [4.78, 5) is 42.0. The molecule has 0 saturated carbocycles. The maximum Gasteiger partial charge on any atom is 0.321 e. The number of rotatable bonds is 7. The van der Waals surface area contributed by atoms with Gasteiger partial charge in [0.2, 0.25) is 5.91 Å². The third-order valence-electron chi connectivity index (χ3n) is 8.39. The van der Waals surface area contributed by atoms with Crippen molar-refractivity contribution >= 4 is 17.8 Å². The molecule has 1 saturated heterocycles. The number of hydrogen-bond acceptors (Lipinski definition) is 5. The Hall–Kier alpha value is -4.27. The van der Waals surface area contributed by atoms with E-state index >= 15 is 0 Å². The summed E-state index contributed by atoms with van der Waals surface area (Å²) >= 11 is 0. The van der Waals surface area contributed by atoms with Gasteiger partial charge in [0.25, 0.3) is 5.91 Å². The zero-order chi connectivity index (χ0) is 29.9. The quantitative estimate of drug-likeness (QED) is 0.395. The van der Waals surface area contributed by atoms with Crippen molar-refractivity contribution in [3.63, 3.8) is 0 Å². The van der Waals surface area contributed by atoms with E-state index in [1.807, 2.05) is 0 Å². The Morgan fingerprint density at radius 3 is 2.40 bits per heavy atom. The number of ether oxygens (including phenoxy) is 2.